The smallest absolute Gasteiger partial charge is 0.231 e. The Hall–Kier alpha value is -3.42. The van der Waals surface area contributed by atoms with Crippen LogP contribution < -0.4 is 29.2 Å². The third-order valence-corrected chi connectivity index (χ3v) is 5.78. The van der Waals surface area contributed by atoms with Crippen LogP contribution in [0.2, 0.25) is 0 Å². The van der Waals surface area contributed by atoms with Crippen molar-refractivity contribution in [3.05, 3.63) is 42.0 Å². The molecule has 2 atom stereocenters. The third kappa shape index (κ3) is 4.99. The van der Waals surface area contributed by atoms with E-state index < -0.39 is 5.92 Å². The highest BCUT2D eigenvalue weighted by molar-refractivity contribution is 6.00. The minimum atomic E-state index is -0.430. The minimum Gasteiger partial charge on any atom is -0.493 e. The van der Waals surface area contributed by atoms with Gasteiger partial charge in [0.1, 0.15) is 0 Å². The van der Waals surface area contributed by atoms with Gasteiger partial charge in [-0.2, -0.15) is 0 Å². The van der Waals surface area contributed by atoms with E-state index in [-0.39, 0.29) is 31.1 Å². The number of methoxy groups -OCH3 is 1. The van der Waals surface area contributed by atoms with Crippen molar-refractivity contribution in [2.75, 3.05) is 32.0 Å². The molecule has 0 aliphatic carbocycles. The number of hydrogen-bond donors (Lipinski definition) is 1. The quantitative estimate of drug-likeness (QED) is 0.655. The lowest BCUT2D eigenvalue weighted by Gasteiger charge is -2.20. The second-order valence-electron chi connectivity index (χ2n) is 8.79. The number of benzene rings is 2. The van der Waals surface area contributed by atoms with Gasteiger partial charge in [0.15, 0.2) is 23.0 Å². The van der Waals surface area contributed by atoms with E-state index in [1.165, 1.54) is 0 Å². The topological polar surface area (TPSA) is 86.3 Å². The Morgan fingerprint density at radius 1 is 1.12 bits per heavy atom. The van der Waals surface area contributed by atoms with E-state index in [9.17, 15) is 9.59 Å². The average Bonchev–Trinajstić information content (AvgIpc) is 3.43. The van der Waals surface area contributed by atoms with Gasteiger partial charge in [-0.05, 0) is 42.7 Å². The van der Waals surface area contributed by atoms with Crippen LogP contribution in [0.3, 0.4) is 0 Å². The number of fused-ring (bicyclic) bond motifs is 1. The van der Waals surface area contributed by atoms with Crippen LogP contribution in [0.5, 0.6) is 23.0 Å². The molecule has 2 aromatic rings. The van der Waals surface area contributed by atoms with E-state index in [4.69, 9.17) is 18.9 Å². The van der Waals surface area contributed by atoms with Gasteiger partial charge in [0, 0.05) is 24.7 Å². The summed E-state index contributed by atoms with van der Waals surface area (Å²) >= 11 is 0. The second-order valence-corrected chi connectivity index (χ2v) is 8.79. The van der Waals surface area contributed by atoms with Gasteiger partial charge in [-0.3, -0.25) is 9.59 Å². The number of amides is 2. The van der Waals surface area contributed by atoms with Gasteiger partial charge in [-0.25, -0.2) is 0 Å². The van der Waals surface area contributed by atoms with Gasteiger partial charge in [0.25, 0.3) is 0 Å². The van der Waals surface area contributed by atoms with Crippen molar-refractivity contribution in [1.82, 2.24) is 5.32 Å². The molecule has 8 heteroatoms. The Morgan fingerprint density at radius 3 is 2.67 bits per heavy atom. The molecule has 2 unspecified atom stereocenters. The maximum Gasteiger partial charge on any atom is 0.231 e. The molecule has 1 N–H and O–H groups in total. The van der Waals surface area contributed by atoms with Crippen LogP contribution in [0.15, 0.2) is 36.4 Å². The van der Waals surface area contributed by atoms with Crippen LogP contribution >= 0.6 is 0 Å². The molecule has 2 aliphatic heterocycles. The fourth-order valence-corrected chi connectivity index (χ4v) is 3.93. The summed E-state index contributed by atoms with van der Waals surface area (Å²) in [4.78, 5) is 27.2. The number of anilines is 1. The number of rotatable bonds is 8. The largest absolute Gasteiger partial charge is 0.493 e. The standard InChI is InChI=1S/C25H30N2O6/c1-15(2)13-31-20-7-5-17(9-22(20)30-4)16(3)26-25(29)18-10-24(28)27(12-18)19-6-8-21-23(11-19)33-14-32-21/h5-9,11,15-16,18H,10,12-14H2,1-4H3,(H,26,29). The van der Waals surface area contributed by atoms with Crippen molar-refractivity contribution < 1.29 is 28.5 Å². The summed E-state index contributed by atoms with van der Waals surface area (Å²) in [6.45, 7) is 7.17. The van der Waals surface area contributed by atoms with Crippen molar-refractivity contribution in [2.24, 2.45) is 11.8 Å². The molecule has 2 amide bonds. The number of hydrogen-bond acceptors (Lipinski definition) is 6. The zero-order valence-corrected chi connectivity index (χ0v) is 19.4. The molecule has 33 heavy (non-hydrogen) atoms. The van der Waals surface area contributed by atoms with E-state index in [0.29, 0.717) is 47.8 Å². The molecule has 1 fully saturated rings. The molecular formula is C25H30N2O6. The van der Waals surface area contributed by atoms with Gasteiger partial charge < -0.3 is 29.2 Å². The highest BCUT2D eigenvalue weighted by Crippen LogP contribution is 2.37. The molecule has 2 aliphatic rings. The van der Waals surface area contributed by atoms with Gasteiger partial charge in [-0.15, -0.1) is 0 Å². The molecule has 0 saturated carbocycles. The minimum absolute atomic E-state index is 0.0880. The number of nitrogens with zero attached hydrogens (tertiary/aromatic N) is 1. The number of nitrogens with one attached hydrogen (secondary N) is 1. The van der Waals surface area contributed by atoms with Crippen LogP contribution in [0.25, 0.3) is 0 Å². The molecular weight excluding hydrogens is 424 g/mol. The summed E-state index contributed by atoms with van der Waals surface area (Å²) in [5.74, 6) is 2.29. The Balaban J connectivity index is 1.39. The van der Waals surface area contributed by atoms with Crippen LogP contribution in [0, 0.1) is 11.8 Å². The molecule has 2 heterocycles. The monoisotopic (exact) mass is 454 g/mol. The predicted octanol–water partition coefficient (Wildman–Crippen LogP) is 3.69. The van der Waals surface area contributed by atoms with Crippen LogP contribution in [-0.2, 0) is 9.59 Å². The molecule has 0 radical (unpaired) electrons. The first-order valence-electron chi connectivity index (χ1n) is 11.2. The maximum atomic E-state index is 12.9. The summed E-state index contributed by atoms with van der Waals surface area (Å²) in [6.07, 6.45) is 0.165. The fraction of sp³-hybridized carbons (Fsp3) is 0.440. The van der Waals surface area contributed by atoms with Gasteiger partial charge in [-0.1, -0.05) is 19.9 Å². The molecule has 0 bridgehead atoms. The highest BCUT2D eigenvalue weighted by atomic mass is 16.7. The number of carbonyl (C=O) groups is 2. The van der Waals surface area contributed by atoms with E-state index in [0.717, 1.165) is 5.56 Å². The van der Waals surface area contributed by atoms with E-state index in [2.05, 4.69) is 19.2 Å². The second kappa shape index (κ2) is 9.60. The summed E-state index contributed by atoms with van der Waals surface area (Å²) < 4.78 is 22.0. The summed E-state index contributed by atoms with van der Waals surface area (Å²) in [6, 6.07) is 10.8. The SMILES string of the molecule is COc1cc(C(C)NC(=O)C2CC(=O)N(c3ccc4c(c3)OCO4)C2)ccc1OCC(C)C. The Labute approximate surface area is 193 Å². The first kappa shape index (κ1) is 22.8. The van der Waals surface area contributed by atoms with Crippen molar-refractivity contribution in [2.45, 2.75) is 33.2 Å². The zero-order valence-electron chi connectivity index (χ0n) is 19.4. The van der Waals surface area contributed by atoms with Gasteiger partial charge in [0.05, 0.1) is 25.7 Å². The lowest BCUT2D eigenvalue weighted by atomic mass is 10.0. The normalized spacial score (nSPS) is 17.9. The average molecular weight is 455 g/mol. The van der Waals surface area contributed by atoms with Crippen LogP contribution in [0.4, 0.5) is 5.69 Å². The molecule has 4 rings (SSSR count). The molecule has 0 aromatic heterocycles. The number of carbonyl (C=O) groups excluding carboxylic acids is 2. The van der Waals surface area contributed by atoms with Crippen molar-refractivity contribution in [3.63, 3.8) is 0 Å². The lowest BCUT2D eigenvalue weighted by molar-refractivity contribution is -0.126. The first-order chi connectivity index (χ1) is 15.9. The lowest BCUT2D eigenvalue weighted by Crippen LogP contribution is -2.34. The summed E-state index contributed by atoms with van der Waals surface area (Å²) in [5.41, 5.74) is 1.60. The molecule has 0 spiro atoms. The number of ether oxygens (including phenoxy) is 4. The van der Waals surface area contributed by atoms with E-state index in [1.54, 1.807) is 24.1 Å². The Kier molecular flexibility index (Phi) is 6.62. The maximum absolute atomic E-state index is 12.9. The van der Waals surface area contributed by atoms with Crippen LogP contribution in [0.1, 0.15) is 38.8 Å². The van der Waals surface area contributed by atoms with Crippen molar-refractivity contribution in [1.29, 1.82) is 0 Å². The Morgan fingerprint density at radius 2 is 1.91 bits per heavy atom. The third-order valence-electron chi connectivity index (χ3n) is 5.78. The fourth-order valence-electron chi connectivity index (χ4n) is 3.93. The van der Waals surface area contributed by atoms with Crippen molar-refractivity contribution in [3.8, 4) is 23.0 Å². The van der Waals surface area contributed by atoms with E-state index in [1.807, 2.05) is 31.2 Å². The molecule has 1 saturated heterocycles. The predicted molar refractivity (Wildman–Crippen MR) is 123 cm³/mol. The molecule has 176 valence electrons. The van der Waals surface area contributed by atoms with Crippen LogP contribution in [-0.4, -0.2) is 38.9 Å². The summed E-state index contributed by atoms with van der Waals surface area (Å²) in [5, 5.41) is 3.03. The molecule has 2 aromatic carbocycles. The van der Waals surface area contributed by atoms with Gasteiger partial charge >= 0.3 is 0 Å². The first-order valence-corrected chi connectivity index (χ1v) is 11.2. The highest BCUT2D eigenvalue weighted by Gasteiger charge is 2.36. The van der Waals surface area contributed by atoms with Crippen molar-refractivity contribution >= 4 is 17.5 Å². The van der Waals surface area contributed by atoms with Gasteiger partial charge in [0.2, 0.25) is 18.6 Å². The van der Waals surface area contributed by atoms with E-state index >= 15 is 0 Å². The zero-order chi connectivity index (χ0) is 23.5. The Bertz CT molecular complexity index is 1040. The summed E-state index contributed by atoms with van der Waals surface area (Å²) in [7, 11) is 1.60. The molecule has 8 nitrogen and oxygen atoms in total.